The van der Waals surface area contributed by atoms with E-state index in [9.17, 15) is 14.4 Å². The van der Waals surface area contributed by atoms with Gasteiger partial charge in [0.25, 0.3) is 0 Å². The Morgan fingerprint density at radius 2 is 0.487 bits per heavy atom. The van der Waals surface area contributed by atoms with Crippen LogP contribution < -0.4 is 0 Å². The van der Waals surface area contributed by atoms with Gasteiger partial charge in [0.2, 0.25) is 0 Å². The Bertz CT molecular complexity index is 1790. The molecule has 0 spiro atoms. The van der Waals surface area contributed by atoms with Crippen LogP contribution in [0.5, 0.6) is 0 Å². The van der Waals surface area contributed by atoms with Crippen molar-refractivity contribution in [1.82, 2.24) is 0 Å². The Morgan fingerprint density at radius 3 is 0.800 bits per heavy atom. The highest BCUT2D eigenvalue weighted by Crippen LogP contribution is 2.15. The van der Waals surface area contributed by atoms with Gasteiger partial charge in [0.15, 0.2) is 6.10 Å². The van der Waals surface area contributed by atoms with Crippen LogP contribution in [0.25, 0.3) is 0 Å². The van der Waals surface area contributed by atoms with Crippen molar-refractivity contribution in [2.24, 2.45) is 0 Å². The third-order valence-electron chi connectivity index (χ3n) is 13.2. The largest absolute Gasteiger partial charge is 0.462 e. The molecule has 0 aromatic carbocycles. The molecule has 1 unspecified atom stereocenters. The van der Waals surface area contributed by atoms with Crippen LogP contribution in [-0.2, 0) is 28.6 Å². The van der Waals surface area contributed by atoms with E-state index < -0.39 is 6.10 Å². The van der Waals surface area contributed by atoms with Gasteiger partial charge in [0, 0.05) is 19.3 Å². The summed E-state index contributed by atoms with van der Waals surface area (Å²) in [6.07, 6.45) is 96.9. The average Bonchev–Trinajstić information content (AvgIpc) is 3.46. The second-order valence-electron chi connectivity index (χ2n) is 20.9. The van der Waals surface area contributed by atoms with Gasteiger partial charge in [-0.3, -0.25) is 14.4 Å². The van der Waals surface area contributed by atoms with Crippen LogP contribution in [0.1, 0.15) is 271 Å². The van der Waals surface area contributed by atoms with Crippen LogP contribution >= 0.6 is 0 Å². The van der Waals surface area contributed by atoms with Crippen LogP contribution in [0.2, 0.25) is 0 Å². The molecule has 0 rings (SSSR count). The molecule has 0 amide bonds. The minimum atomic E-state index is -0.808. The fourth-order valence-corrected chi connectivity index (χ4v) is 8.45. The molecule has 0 radical (unpaired) electrons. The highest BCUT2D eigenvalue weighted by atomic mass is 16.6. The molecule has 0 aliphatic carbocycles. The lowest BCUT2D eigenvalue weighted by molar-refractivity contribution is -0.167. The minimum absolute atomic E-state index is 0.103. The molecule has 450 valence electrons. The molecule has 0 saturated heterocycles. The van der Waals surface area contributed by atoms with Crippen molar-refractivity contribution in [2.75, 3.05) is 13.2 Å². The third-order valence-corrected chi connectivity index (χ3v) is 13.2. The molecule has 0 aliphatic heterocycles. The zero-order valence-electron chi connectivity index (χ0n) is 51.5. The van der Waals surface area contributed by atoms with Gasteiger partial charge in [-0.25, -0.2) is 0 Å². The molecule has 0 aromatic rings. The molecule has 0 bridgehead atoms. The Labute approximate surface area is 492 Å². The maximum Gasteiger partial charge on any atom is 0.306 e. The summed E-state index contributed by atoms with van der Waals surface area (Å²) in [6, 6.07) is 0. The zero-order chi connectivity index (χ0) is 57.8. The normalized spacial score (nSPS) is 13.2. The quantitative estimate of drug-likeness (QED) is 0.0261. The van der Waals surface area contributed by atoms with Crippen molar-refractivity contribution in [2.45, 2.75) is 277 Å². The molecule has 0 aromatic heterocycles. The molecule has 6 heteroatoms. The summed E-state index contributed by atoms with van der Waals surface area (Å²) >= 11 is 0. The predicted octanol–water partition coefficient (Wildman–Crippen LogP) is 22.5. The number of esters is 3. The lowest BCUT2D eigenvalue weighted by Crippen LogP contribution is -2.30. The Balaban J connectivity index is 4.36. The van der Waals surface area contributed by atoms with E-state index in [4.69, 9.17) is 14.2 Å². The van der Waals surface area contributed by atoms with Crippen molar-refractivity contribution >= 4 is 17.9 Å². The lowest BCUT2D eigenvalue weighted by atomic mass is 10.0. The van der Waals surface area contributed by atoms with Gasteiger partial charge in [0.1, 0.15) is 13.2 Å². The number of unbranched alkanes of at least 4 members (excludes halogenated alkanes) is 20. The van der Waals surface area contributed by atoms with Crippen molar-refractivity contribution in [3.63, 3.8) is 0 Å². The number of carbonyl (C=O) groups is 3. The number of carbonyl (C=O) groups excluding carboxylic acids is 3. The third kappa shape index (κ3) is 63.9. The van der Waals surface area contributed by atoms with Crippen LogP contribution in [0, 0.1) is 0 Å². The summed E-state index contributed by atoms with van der Waals surface area (Å²) in [6.45, 7) is 6.31. The van der Waals surface area contributed by atoms with E-state index in [1.54, 1.807) is 0 Å². The molecule has 0 aliphatic rings. The monoisotopic (exact) mass is 1100 g/mol. The zero-order valence-corrected chi connectivity index (χ0v) is 51.5. The fraction of sp³-hybridized carbons (Fsp3) is 0.608. The van der Waals surface area contributed by atoms with E-state index in [0.717, 1.165) is 148 Å². The van der Waals surface area contributed by atoms with Gasteiger partial charge in [-0.15, -0.1) is 0 Å². The number of ether oxygens (including phenoxy) is 3. The van der Waals surface area contributed by atoms with Crippen LogP contribution in [-0.4, -0.2) is 37.2 Å². The van der Waals surface area contributed by atoms with Crippen molar-refractivity contribution in [3.8, 4) is 0 Å². The smallest absolute Gasteiger partial charge is 0.306 e. The van der Waals surface area contributed by atoms with E-state index in [0.29, 0.717) is 25.7 Å². The molecule has 1 atom stereocenters. The molecule has 0 N–H and O–H groups in total. The van der Waals surface area contributed by atoms with Gasteiger partial charge in [0.05, 0.1) is 0 Å². The van der Waals surface area contributed by atoms with Crippen molar-refractivity contribution < 1.29 is 28.6 Å². The second kappa shape index (κ2) is 66.5. The fourth-order valence-electron chi connectivity index (χ4n) is 8.45. The minimum Gasteiger partial charge on any atom is -0.462 e. The molecule has 0 saturated carbocycles. The molecular weight excluding hydrogens is 985 g/mol. The summed E-state index contributed by atoms with van der Waals surface area (Å²) in [7, 11) is 0. The molecular formula is C74H118O6. The van der Waals surface area contributed by atoms with Crippen LogP contribution in [0.4, 0.5) is 0 Å². The van der Waals surface area contributed by atoms with E-state index in [1.165, 1.54) is 77.0 Å². The predicted molar refractivity (Wildman–Crippen MR) is 348 cm³/mol. The van der Waals surface area contributed by atoms with Gasteiger partial charge in [-0.05, 0) is 141 Å². The lowest BCUT2D eigenvalue weighted by Gasteiger charge is -2.18. The summed E-state index contributed by atoms with van der Waals surface area (Å²) in [5.74, 6) is -0.963. The van der Waals surface area contributed by atoms with Crippen molar-refractivity contribution in [3.05, 3.63) is 158 Å². The second-order valence-corrected chi connectivity index (χ2v) is 20.9. The summed E-state index contributed by atoms with van der Waals surface area (Å²) in [5, 5.41) is 0. The topological polar surface area (TPSA) is 78.9 Å². The summed E-state index contributed by atoms with van der Waals surface area (Å²) in [4.78, 5) is 38.2. The molecule has 6 nitrogen and oxygen atoms in total. The van der Waals surface area contributed by atoms with Gasteiger partial charge in [-0.2, -0.15) is 0 Å². The summed E-state index contributed by atoms with van der Waals surface area (Å²) in [5.41, 5.74) is 0. The van der Waals surface area contributed by atoms with Crippen LogP contribution in [0.15, 0.2) is 158 Å². The molecule has 80 heavy (non-hydrogen) atoms. The van der Waals surface area contributed by atoms with E-state index in [2.05, 4.69) is 179 Å². The van der Waals surface area contributed by atoms with E-state index >= 15 is 0 Å². The van der Waals surface area contributed by atoms with E-state index in [-0.39, 0.29) is 31.1 Å². The Morgan fingerprint density at radius 1 is 0.263 bits per heavy atom. The molecule has 0 fully saturated rings. The maximum absolute atomic E-state index is 12.9. The first-order valence-electron chi connectivity index (χ1n) is 32.5. The van der Waals surface area contributed by atoms with Gasteiger partial charge >= 0.3 is 17.9 Å². The SMILES string of the molecule is CC/C=C\C/C=C\C/C=C\C/C=C\C/C=C\C/C=C\C/C=C\C/C=C\CCCCC(=O)OCC(COC(=O)CCCCCCC/C=C\CCC)OC(=O)CCCCCCCCCCCCCC/C=C\C/C=C\C/C=C\C/C=C\CC. The highest BCUT2D eigenvalue weighted by molar-refractivity contribution is 5.71. The number of hydrogen-bond donors (Lipinski definition) is 0. The Kier molecular flexibility index (Phi) is 62.4. The highest BCUT2D eigenvalue weighted by Gasteiger charge is 2.19. The Hall–Kier alpha value is -4.97. The first-order chi connectivity index (χ1) is 39.5. The molecule has 0 heterocycles. The average molecular weight is 1100 g/mol. The standard InChI is InChI=1S/C74H118O6/c1-4-7-10-13-16-19-22-24-26-28-30-32-34-36-37-39-40-42-44-46-48-50-52-55-58-61-64-67-73(76)79-70-71(69-78-72(75)66-63-60-57-54-21-18-15-12-9-6-3)80-74(77)68-65-62-59-56-53-51-49-47-45-43-41-38-35-33-31-29-27-25-23-20-17-14-11-8-5-2/h7-8,10-12,15-17,19-20,24-27,30-33,36-37,40,42,46,48,52,55,71H,4-6,9,13-14,18,21-23,28-29,34-35,38-39,41,43-45,47,49-51,53-54,56-70H2,1-3H3/b10-7-,11-8-,15-12-,19-16-,20-17-,26-24-,27-25-,32-30-,33-31-,37-36-,42-40-,48-46-,55-52-. The van der Waals surface area contributed by atoms with Crippen LogP contribution in [0.3, 0.4) is 0 Å². The number of hydrogen-bond acceptors (Lipinski definition) is 6. The van der Waals surface area contributed by atoms with Gasteiger partial charge in [-0.1, -0.05) is 269 Å². The summed E-state index contributed by atoms with van der Waals surface area (Å²) < 4.78 is 16.9. The number of allylic oxidation sites excluding steroid dienone is 26. The maximum atomic E-state index is 12.9. The van der Waals surface area contributed by atoms with Crippen molar-refractivity contribution in [1.29, 1.82) is 0 Å². The van der Waals surface area contributed by atoms with E-state index in [1.807, 2.05) is 0 Å². The van der Waals surface area contributed by atoms with Gasteiger partial charge < -0.3 is 14.2 Å². The number of rotatable bonds is 57. The first-order valence-corrected chi connectivity index (χ1v) is 32.5. The first kappa shape index (κ1) is 75.0.